The average Bonchev–Trinajstić information content (AvgIpc) is 2.88. The summed E-state index contributed by atoms with van der Waals surface area (Å²) in [5, 5.41) is 3.54. The summed E-state index contributed by atoms with van der Waals surface area (Å²) < 4.78 is 5.59. The van der Waals surface area contributed by atoms with E-state index in [1.807, 2.05) is 0 Å². The van der Waals surface area contributed by atoms with Crippen LogP contribution in [0.15, 0.2) is 18.2 Å². The third-order valence-corrected chi connectivity index (χ3v) is 4.50. The van der Waals surface area contributed by atoms with E-state index < -0.39 is 0 Å². The van der Waals surface area contributed by atoms with E-state index in [9.17, 15) is 0 Å². The van der Waals surface area contributed by atoms with E-state index in [-0.39, 0.29) is 0 Å². The van der Waals surface area contributed by atoms with Crippen LogP contribution in [-0.4, -0.2) is 13.7 Å². The molecule has 0 spiro atoms. The molecule has 0 bridgehead atoms. The van der Waals surface area contributed by atoms with Crippen molar-refractivity contribution in [3.8, 4) is 5.75 Å². The second-order valence-electron chi connectivity index (χ2n) is 5.63. The predicted octanol–water partition coefficient (Wildman–Crippen LogP) is 3.46. The standard InChI is InChI=1S/C16H23NO/c1-17-16(12-5-3-2-4-6-12)14-7-8-15-13(11-14)9-10-18-15/h7-8,11-12,16-17H,2-6,9-10H2,1H3. The van der Waals surface area contributed by atoms with Crippen molar-refractivity contribution >= 4 is 0 Å². The Morgan fingerprint density at radius 3 is 2.83 bits per heavy atom. The number of hydrogen-bond acceptors (Lipinski definition) is 2. The van der Waals surface area contributed by atoms with Crippen LogP contribution in [0.4, 0.5) is 0 Å². The van der Waals surface area contributed by atoms with Crippen LogP contribution in [0.5, 0.6) is 5.75 Å². The van der Waals surface area contributed by atoms with Crippen molar-refractivity contribution in [1.82, 2.24) is 5.32 Å². The first-order chi connectivity index (χ1) is 8.88. The van der Waals surface area contributed by atoms with E-state index in [0.29, 0.717) is 6.04 Å². The summed E-state index contributed by atoms with van der Waals surface area (Å²) in [6, 6.07) is 7.29. The lowest BCUT2D eigenvalue weighted by Gasteiger charge is -2.30. The van der Waals surface area contributed by atoms with Crippen LogP contribution >= 0.6 is 0 Å². The van der Waals surface area contributed by atoms with Crippen molar-refractivity contribution in [2.75, 3.05) is 13.7 Å². The number of benzene rings is 1. The minimum absolute atomic E-state index is 0.524. The Labute approximate surface area is 110 Å². The number of rotatable bonds is 3. The molecule has 1 aromatic rings. The fraction of sp³-hybridized carbons (Fsp3) is 0.625. The molecule has 0 amide bonds. The van der Waals surface area contributed by atoms with E-state index in [0.717, 1.165) is 24.7 Å². The molecule has 1 N–H and O–H groups in total. The minimum Gasteiger partial charge on any atom is -0.493 e. The van der Waals surface area contributed by atoms with Gasteiger partial charge in [-0.3, -0.25) is 0 Å². The van der Waals surface area contributed by atoms with Gasteiger partial charge in [0, 0.05) is 12.5 Å². The third-order valence-electron chi connectivity index (χ3n) is 4.50. The zero-order valence-corrected chi connectivity index (χ0v) is 11.2. The van der Waals surface area contributed by atoms with Gasteiger partial charge in [-0.25, -0.2) is 0 Å². The van der Waals surface area contributed by atoms with Gasteiger partial charge in [-0.1, -0.05) is 31.4 Å². The molecule has 0 aromatic heterocycles. The first-order valence-corrected chi connectivity index (χ1v) is 7.31. The molecule has 0 radical (unpaired) electrons. The molecular formula is C16H23NO. The Kier molecular flexibility index (Phi) is 3.55. The second kappa shape index (κ2) is 5.31. The molecule has 1 fully saturated rings. The topological polar surface area (TPSA) is 21.3 Å². The summed E-state index contributed by atoms with van der Waals surface area (Å²) in [6.45, 7) is 0.854. The highest BCUT2D eigenvalue weighted by Crippen LogP contribution is 2.36. The lowest BCUT2D eigenvalue weighted by molar-refractivity contribution is 0.281. The summed E-state index contributed by atoms with van der Waals surface area (Å²) in [5.74, 6) is 1.90. The first-order valence-electron chi connectivity index (χ1n) is 7.31. The number of nitrogens with one attached hydrogen (secondary N) is 1. The molecule has 18 heavy (non-hydrogen) atoms. The molecule has 1 saturated carbocycles. The van der Waals surface area contributed by atoms with Crippen LogP contribution in [0.25, 0.3) is 0 Å². The van der Waals surface area contributed by atoms with E-state index in [2.05, 4.69) is 30.6 Å². The minimum atomic E-state index is 0.524. The molecule has 2 heteroatoms. The molecule has 98 valence electrons. The maximum atomic E-state index is 5.59. The monoisotopic (exact) mass is 245 g/mol. The third kappa shape index (κ3) is 2.26. The smallest absolute Gasteiger partial charge is 0.122 e. The maximum Gasteiger partial charge on any atom is 0.122 e. The van der Waals surface area contributed by atoms with Crippen LogP contribution in [0.3, 0.4) is 0 Å². The SMILES string of the molecule is CNC(c1ccc2c(c1)CCO2)C1CCCCC1. The van der Waals surface area contributed by atoms with Gasteiger partial charge >= 0.3 is 0 Å². The number of fused-ring (bicyclic) bond motifs is 1. The van der Waals surface area contributed by atoms with Crippen molar-refractivity contribution < 1.29 is 4.74 Å². The van der Waals surface area contributed by atoms with Crippen LogP contribution in [0.2, 0.25) is 0 Å². The van der Waals surface area contributed by atoms with Gasteiger partial charge in [0.2, 0.25) is 0 Å². The summed E-state index contributed by atoms with van der Waals surface area (Å²) in [5.41, 5.74) is 2.84. The second-order valence-corrected chi connectivity index (χ2v) is 5.63. The van der Waals surface area contributed by atoms with Gasteiger partial charge in [0.25, 0.3) is 0 Å². The zero-order valence-electron chi connectivity index (χ0n) is 11.2. The Morgan fingerprint density at radius 1 is 1.22 bits per heavy atom. The van der Waals surface area contributed by atoms with Crippen molar-refractivity contribution in [2.45, 2.75) is 44.6 Å². The van der Waals surface area contributed by atoms with Crippen LogP contribution in [0.1, 0.15) is 49.3 Å². The van der Waals surface area contributed by atoms with Gasteiger partial charge < -0.3 is 10.1 Å². The van der Waals surface area contributed by atoms with Crippen LogP contribution in [0, 0.1) is 5.92 Å². The van der Waals surface area contributed by atoms with Crippen molar-refractivity contribution in [3.63, 3.8) is 0 Å². The normalized spacial score (nSPS) is 21.4. The molecule has 0 saturated heterocycles. The highest BCUT2D eigenvalue weighted by Gasteiger charge is 2.25. The highest BCUT2D eigenvalue weighted by atomic mass is 16.5. The number of hydrogen-bond donors (Lipinski definition) is 1. The molecule has 1 unspecified atom stereocenters. The van der Waals surface area contributed by atoms with E-state index in [1.165, 1.54) is 43.2 Å². The maximum absolute atomic E-state index is 5.59. The van der Waals surface area contributed by atoms with Crippen molar-refractivity contribution in [2.24, 2.45) is 5.92 Å². The van der Waals surface area contributed by atoms with Gasteiger partial charge in [-0.2, -0.15) is 0 Å². The molecule has 1 heterocycles. The molecule has 1 atom stereocenters. The molecule has 2 aliphatic rings. The van der Waals surface area contributed by atoms with Gasteiger partial charge in [-0.15, -0.1) is 0 Å². The predicted molar refractivity (Wildman–Crippen MR) is 74.0 cm³/mol. The number of ether oxygens (including phenoxy) is 1. The average molecular weight is 245 g/mol. The highest BCUT2D eigenvalue weighted by molar-refractivity contribution is 5.41. The summed E-state index contributed by atoms with van der Waals surface area (Å²) in [6.07, 6.45) is 8.04. The lowest BCUT2D eigenvalue weighted by Crippen LogP contribution is -2.27. The molecule has 1 aliphatic heterocycles. The van der Waals surface area contributed by atoms with Crippen LogP contribution in [-0.2, 0) is 6.42 Å². The Morgan fingerprint density at radius 2 is 2.06 bits per heavy atom. The molecular weight excluding hydrogens is 222 g/mol. The molecule has 3 rings (SSSR count). The lowest BCUT2D eigenvalue weighted by atomic mass is 9.81. The van der Waals surface area contributed by atoms with Crippen LogP contribution < -0.4 is 10.1 Å². The van der Waals surface area contributed by atoms with Crippen molar-refractivity contribution in [3.05, 3.63) is 29.3 Å². The van der Waals surface area contributed by atoms with Gasteiger partial charge in [0.15, 0.2) is 0 Å². The van der Waals surface area contributed by atoms with E-state index in [4.69, 9.17) is 4.74 Å². The Hall–Kier alpha value is -1.02. The molecule has 1 aromatic carbocycles. The van der Waals surface area contributed by atoms with E-state index >= 15 is 0 Å². The fourth-order valence-electron chi connectivity index (χ4n) is 3.54. The first kappa shape index (κ1) is 12.0. The zero-order chi connectivity index (χ0) is 12.4. The largest absolute Gasteiger partial charge is 0.493 e. The van der Waals surface area contributed by atoms with Crippen molar-refractivity contribution in [1.29, 1.82) is 0 Å². The summed E-state index contributed by atoms with van der Waals surface area (Å²) in [7, 11) is 2.10. The Bertz CT molecular complexity index is 410. The summed E-state index contributed by atoms with van der Waals surface area (Å²) in [4.78, 5) is 0. The molecule has 2 nitrogen and oxygen atoms in total. The van der Waals surface area contributed by atoms with Gasteiger partial charge in [-0.05, 0) is 43.0 Å². The fourth-order valence-corrected chi connectivity index (χ4v) is 3.54. The van der Waals surface area contributed by atoms with E-state index in [1.54, 1.807) is 0 Å². The summed E-state index contributed by atoms with van der Waals surface area (Å²) >= 11 is 0. The van der Waals surface area contributed by atoms with Gasteiger partial charge in [0.05, 0.1) is 6.61 Å². The quantitative estimate of drug-likeness (QED) is 0.880. The molecule has 1 aliphatic carbocycles. The Balaban J connectivity index is 1.82. The van der Waals surface area contributed by atoms with Gasteiger partial charge in [0.1, 0.15) is 5.75 Å².